The van der Waals surface area contributed by atoms with Crippen LogP contribution in [0.1, 0.15) is 60.9 Å². The molecule has 0 heterocycles. The van der Waals surface area contributed by atoms with Crippen LogP contribution in [-0.2, 0) is 0 Å². The number of nitrogens with one attached hydrogen (secondary N) is 1. The molecule has 1 amide bonds. The quantitative estimate of drug-likeness (QED) is 0.821. The number of carbonyl (C=O) groups is 1. The predicted molar refractivity (Wildman–Crippen MR) is 85.9 cm³/mol. The van der Waals surface area contributed by atoms with Gasteiger partial charge in [0.15, 0.2) is 0 Å². The smallest absolute Gasteiger partial charge is 0.251 e. The third kappa shape index (κ3) is 5.24. The molecule has 0 spiro atoms. The number of hydrogen-bond acceptors (Lipinski definition) is 2. The lowest BCUT2D eigenvalue weighted by molar-refractivity contribution is 0.0930. The first-order chi connectivity index (χ1) is 10.3. The third-order valence-electron chi connectivity index (χ3n) is 3.92. The van der Waals surface area contributed by atoms with Crippen molar-refractivity contribution < 1.29 is 4.79 Å². The van der Waals surface area contributed by atoms with Crippen LogP contribution in [0, 0.1) is 11.8 Å². The van der Waals surface area contributed by atoms with Crippen molar-refractivity contribution in [1.29, 1.82) is 0 Å². The van der Waals surface area contributed by atoms with Gasteiger partial charge in [-0.05, 0) is 37.1 Å². The van der Waals surface area contributed by atoms with Crippen molar-refractivity contribution in [3.8, 4) is 11.8 Å². The van der Waals surface area contributed by atoms with Crippen LogP contribution in [0.3, 0.4) is 0 Å². The fraction of sp³-hybridized carbons (Fsp3) is 0.500. The van der Waals surface area contributed by atoms with Gasteiger partial charge in [0, 0.05) is 17.2 Å². The molecule has 0 aromatic heterocycles. The summed E-state index contributed by atoms with van der Waals surface area (Å²) in [4.78, 5) is 12.3. The summed E-state index contributed by atoms with van der Waals surface area (Å²) in [5.74, 6) is 5.80. The Morgan fingerprint density at radius 3 is 2.33 bits per heavy atom. The summed E-state index contributed by atoms with van der Waals surface area (Å²) in [6, 6.07) is 7.73. The normalized spacial score (nSPS) is 16.2. The highest BCUT2D eigenvalue weighted by molar-refractivity contribution is 5.94. The van der Waals surface area contributed by atoms with E-state index in [9.17, 15) is 4.79 Å². The molecule has 0 bridgehead atoms. The molecule has 1 aliphatic rings. The zero-order chi connectivity index (χ0) is 14.9. The van der Waals surface area contributed by atoms with Gasteiger partial charge >= 0.3 is 0 Å². The van der Waals surface area contributed by atoms with Gasteiger partial charge in [0.2, 0.25) is 0 Å². The first kappa shape index (κ1) is 15.6. The summed E-state index contributed by atoms with van der Waals surface area (Å²) >= 11 is 0. The van der Waals surface area contributed by atoms with Crippen molar-refractivity contribution in [2.45, 2.75) is 51.0 Å². The number of carbonyl (C=O) groups excluding carboxylic acids is 1. The molecule has 1 aromatic carbocycles. The Morgan fingerprint density at radius 1 is 1.10 bits per heavy atom. The van der Waals surface area contributed by atoms with Crippen molar-refractivity contribution in [3.05, 3.63) is 35.4 Å². The molecule has 3 nitrogen and oxygen atoms in total. The molecule has 21 heavy (non-hydrogen) atoms. The molecule has 1 saturated carbocycles. The molecule has 3 N–H and O–H groups in total. The number of rotatable bonds is 2. The van der Waals surface area contributed by atoms with Crippen molar-refractivity contribution in [2.24, 2.45) is 5.73 Å². The van der Waals surface area contributed by atoms with E-state index in [4.69, 9.17) is 5.73 Å². The van der Waals surface area contributed by atoms with Crippen LogP contribution in [0.5, 0.6) is 0 Å². The van der Waals surface area contributed by atoms with Gasteiger partial charge in [-0.3, -0.25) is 4.79 Å². The van der Waals surface area contributed by atoms with E-state index in [1.807, 2.05) is 24.3 Å². The number of benzene rings is 1. The van der Waals surface area contributed by atoms with Crippen molar-refractivity contribution in [3.63, 3.8) is 0 Å². The van der Waals surface area contributed by atoms with E-state index < -0.39 is 0 Å². The molecule has 1 aliphatic carbocycles. The van der Waals surface area contributed by atoms with E-state index in [1.165, 1.54) is 32.1 Å². The molecule has 0 atom stereocenters. The summed E-state index contributed by atoms with van der Waals surface area (Å²) in [5.41, 5.74) is 6.94. The van der Waals surface area contributed by atoms with Crippen LogP contribution in [0.25, 0.3) is 0 Å². The molecule has 112 valence electrons. The van der Waals surface area contributed by atoms with E-state index in [0.717, 1.165) is 18.4 Å². The lowest BCUT2D eigenvalue weighted by Crippen LogP contribution is -2.35. The third-order valence-corrected chi connectivity index (χ3v) is 3.92. The zero-order valence-electron chi connectivity index (χ0n) is 12.5. The molecule has 0 unspecified atom stereocenters. The maximum Gasteiger partial charge on any atom is 0.251 e. The number of hydrogen-bond donors (Lipinski definition) is 2. The van der Waals surface area contributed by atoms with E-state index in [2.05, 4.69) is 17.2 Å². The van der Waals surface area contributed by atoms with Crippen LogP contribution in [0.2, 0.25) is 0 Å². The fourth-order valence-electron chi connectivity index (χ4n) is 2.73. The highest BCUT2D eigenvalue weighted by atomic mass is 16.1. The minimum atomic E-state index is 0.0268. The van der Waals surface area contributed by atoms with Crippen molar-refractivity contribution >= 4 is 5.91 Å². The Labute approximate surface area is 127 Å². The van der Waals surface area contributed by atoms with Gasteiger partial charge in [-0.15, -0.1) is 0 Å². The van der Waals surface area contributed by atoms with Gasteiger partial charge in [-0.1, -0.05) is 43.9 Å². The molecule has 1 fully saturated rings. The van der Waals surface area contributed by atoms with E-state index in [-0.39, 0.29) is 5.91 Å². The predicted octanol–water partition coefficient (Wildman–Crippen LogP) is 2.84. The van der Waals surface area contributed by atoms with E-state index in [1.54, 1.807) is 0 Å². The van der Waals surface area contributed by atoms with Crippen molar-refractivity contribution in [1.82, 2.24) is 5.32 Å². The Morgan fingerprint density at radius 2 is 1.71 bits per heavy atom. The lowest BCUT2D eigenvalue weighted by Gasteiger charge is -2.21. The first-order valence-corrected chi connectivity index (χ1v) is 7.89. The minimum absolute atomic E-state index is 0.0268. The topological polar surface area (TPSA) is 55.1 Å². The average Bonchev–Trinajstić information content (AvgIpc) is 2.48. The Hall–Kier alpha value is -1.79. The molecule has 0 radical (unpaired) electrons. The van der Waals surface area contributed by atoms with Crippen molar-refractivity contribution in [2.75, 3.05) is 6.54 Å². The van der Waals surface area contributed by atoms with Crippen LogP contribution in [-0.4, -0.2) is 18.5 Å². The Kier molecular flexibility index (Phi) is 6.30. The average molecular weight is 284 g/mol. The SMILES string of the molecule is NCC#Cc1ccc(C(=O)NC2CCCCCCC2)cc1. The summed E-state index contributed by atoms with van der Waals surface area (Å²) in [7, 11) is 0. The van der Waals surface area contributed by atoms with Crippen LogP contribution in [0.15, 0.2) is 24.3 Å². The van der Waals surface area contributed by atoms with Gasteiger partial charge in [0.1, 0.15) is 0 Å². The molecule has 0 aliphatic heterocycles. The Bertz CT molecular complexity index is 502. The first-order valence-electron chi connectivity index (χ1n) is 7.89. The van der Waals surface area contributed by atoms with Gasteiger partial charge < -0.3 is 11.1 Å². The fourth-order valence-corrected chi connectivity index (χ4v) is 2.73. The molecule has 3 heteroatoms. The second kappa shape index (κ2) is 8.49. The van der Waals surface area contributed by atoms with Gasteiger partial charge in [-0.2, -0.15) is 0 Å². The second-order valence-corrected chi connectivity index (χ2v) is 5.60. The maximum absolute atomic E-state index is 12.3. The zero-order valence-corrected chi connectivity index (χ0v) is 12.5. The van der Waals surface area contributed by atoms with Crippen LogP contribution in [0.4, 0.5) is 0 Å². The maximum atomic E-state index is 12.3. The summed E-state index contributed by atoms with van der Waals surface area (Å²) in [5, 5.41) is 3.17. The number of nitrogens with two attached hydrogens (primary N) is 1. The lowest BCUT2D eigenvalue weighted by atomic mass is 9.96. The van der Waals surface area contributed by atoms with Crippen LogP contribution < -0.4 is 11.1 Å². The van der Waals surface area contributed by atoms with Gasteiger partial charge in [-0.25, -0.2) is 0 Å². The molecule has 0 saturated heterocycles. The Balaban J connectivity index is 1.92. The molecular formula is C18H24N2O. The summed E-state index contributed by atoms with van der Waals surface area (Å²) < 4.78 is 0. The van der Waals surface area contributed by atoms with Gasteiger partial charge in [0.25, 0.3) is 5.91 Å². The second-order valence-electron chi connectivity index (χ2n) is 5.60. The van der Waals surface area contributed by atoms with E-state index >= 15 is 0 Å². The molecule has 1 aromatic rings. The summed E-state index contributed by atoms with van der Waals surface area (Å²) in [6.07, 6.45) is 8.57. The monoisotopic (exact) mass is 284 g/mol. The summed E-state index contributed by atoms with van der Waals surface area (Å²) in [6.45, 7) is 0.351. The number of amides is 1. The highest BCUT2D eigenvalue weighted by Crippen LogP contribution is 2.17. The molecule has 2 rings (SSSR count). The van der Waals surface area contributed by atoms with Crippen LogP contribution >= 0.6 is 0 Å². The van der Waals surface area contributed by atoms with E-state index in [0.29, 0.717) is 18.2 Å². The highest BCUT2D eigenvalue weighted by Gasteiger charge is 2.14. The molecular weight excluding hydrogens is 260 g/mol. The standard InChI is InChI=1S/C18H24N2O/c19-14-6-7-15-10-12-16(13-11-15)18(21)20-17-8-4-2-1-3-5-9-17/h10-13,17H,1-5,8-9,14,19H2,(H,20,21). The minimum Gasteiger partial charge on any atom is -0.349 e. The van der Waals surface area contributed by atoms with Gasteiger partial charge in [0.05, 0.1) is 6.54 Å². The largest absolute Gasteiger partial charge is 0.349 e.